The molecule has 0 spiro atoms. The van der Waals surface area contributed by atoms with Gasteiger partial charge in [-0.15, -0.1) is 0 Å². The van der Waals surface area contributed by atoms with E-state index in [0.717, 1.165) is 52.4 Å². The van der Waals surface area contributed by atoms with Gasteiger partial charge in [0.1, 0.15) is 6.04 Å². The minimum atomic E-state index is -0.730. The average molecular weight is 525 g/mol. The molecule has 178 valence electrons. The highest BCUT2D eigenvalue weighted by Crippen LogP contribution is 2.23. The molecule has 7 nitrogen and oxygen atoms in total. The SMILES string of the molecule is COC(=O)C(CNCc1ccc2cc(Br)ccc2c1)NC(=O)C1CCN(c2ccncc2)CC1. The fourth-order valence-electron chi connectivity index (χ4n) is 4.32. The van der Waals surface area contributed by atoms with Gasteiger partial charge in [-0.3, -0.25) is 9.78 Å². The first-order chi connectivity index (χ1) is 16.5. The van der Waals surface area contributed by atoms with E-state index in [1.807, 2.05) is 18.2 Å². The van der Waals surface area contributed by atoms with Crippen LogP contribution in [0.5, 0.6) is 0 Å². The number of ether oxygens (including phenoxy) is 1. The fraction of sp³-hybridized carbons (Fsp3) is 0.346. The quantitative estimate of drug-likeness (QED) is 0.437. The lowest BCUT2D eigenvalue weighted by Gasteiger charge is -2.33. The summed E-state index contributed by atoms with van der Waals surface area (Å²) in [7, 11) is 1.34. The van der Waals surface area contributed by atoms with Crippen molar-refractivity contribution in [3.05, 3.63) is 71.0 Å². The Kier molecular flexibility index (Phi) is 8.13. The molecule has 1 amide bonds. The molecule has 2 heterocycles. The van der Waals surface area contributed by atoms with Crippen LogP contribution in [0.1, 0.15) is 18.4 Å². The zero-order chi connectivity index (χ0) is 23.9. The van der Waals surface area contributed by atoms with Gasteiger partial charge in [0, 0.05) is 54.7 Å². The number of hydrogen-bond acceptors (Lipinski definition) is 6. The molecule has 8 heteroatoms. The number of pyridine rings is 1. The largest absolute Gasteiger partial charge is 0.467 e. The van der Waals surface area contributed by atoms with Crippen molar-refractivity contribution >= 4 is 44.3 Å². The summed E-state index contributed by atoms with van der Waals surface area (Å²) >= 11 is 3.50. The fourth-order valence-corrected chi connectivity index (χ4v) is 4.70. The van der Waals surface area contributed by atoms with Crippen molar-refractivity contribution in [1.29, 1.82) is 0 Å². The number of methoxy groups -OCH3 is 1. The Morgan fingerprint density at radius 2 is 1.79 bits per heavy atom. The molecule has 0 bridgehead atoms. The van der Waals surface area contributed by atoms with Crippen LogP contribution < -0.4 is 15.5 Å². The van der Waals surface area contributed by atoms with Crippen molar-refractivity contribution in [3.63, 3.8) is 0 Å². The number of amides is 1. The van der Waals surface area contributed by atoms with Crippen LogP contribution in [0.4, 0.5) is 5.69 Å². The zero-order valence-electron chi connectivity index (χ0n) is 19.2. The predicted molar refractivity (Wildman–Crippen MR) is 136 cm³/mol. The van der Waals surface area contributed by atoms with Crippen LogP contribution in [0.25, 0.3) is 10.8 Å². The monoisotopic (exact) mass is 524 g/mol. The molecule has 1 aliphatic rings. The summed E-state index contributed by atoms with van der Waals surface area (Å²) < 4.78 is 5.98. The van der Waals surface area contributed by atoms with Gasteiger partial charge in [0.25, 0.3) is 0 Å². The second-order valence-electron chi connectivity index (χ2n) is 8.51. The van der Waals surface area contributed by atoms with Crippen molar-refractivity contribution in [1.82, 2.24) is 15.6 Å². The molecule has 3 aromatic rings. The highest BCUT2D eigenvalue weighted by molar-refractivity contribution is 9.10. The first-order valence-electron chi connectivity index (χ1n) is 11.5. The van der Waals surface area contributed by atoms with Crippen molar-refractivity contribution < 1.29 is 14.3 Å². The number of fused-ring (bicyclic) bond motifs is 1. The van der Waals surface area contributed by atoms with Gasteiger partial charge in [-0.05, 0) is 59.5 Å². The standard InChI is InChI=1S/C26H29BrN4O3/c1-34-26(33)24(17-29-16-18-2-3-21-15-22(27)5-4-20(21)14-18)30-25(32)19-8-12-31(13-9-19)23-6-10-28-11-7-23/h2-7,10-11,14-15,19,24,29H,8-9,12-13,16-17H2,1H3,(H,30,32). The number of benzene rings is 2. The van der Waals surface area contributed by atoms with E-state index in [4.69, 9.17) is 4.74 Å². The summed E-state index contributed by atoms with van der Waals surface area (Å²) in [6.45, 7) is 2.47. The molecule has 1 saturated heterocycles. The lowest BCUT2D eigenvalue weighted by Crippen LogP contribution is -2.51. The third-order valence-corrected chi connectivity index (χ3v) is 6.73. The normalized spacial score (nSPS) is 15.2. The van der Waals surface area contributed by atoms with Crippen LogP contribution in [0.15, 0.2) is 65.4 Å². The second-order valence-corrected chi connectivity index (χ2v) is 9.42. The number of anilines is 1. The molecule has 1 fully saturated rings. The predicted octanol–water partition coefficient (Wildman–Crippen LogP) is 3.66. The molecule has 0 aliphatic carbocycles. The minimum Gasteiger partial charge on any atom is -0.467 e. The topological polar surface area (TPSA) is 83.6 Å². The molecule has 1 aliphatic heterocycles. The van der Waals surface area contributed by atoms with Gasteiger partial charge >= 0.3 is 5.97 Å². The first-order valence-corrected chi connectivity index (χ1v) is 12.2. The molecule has 0 saturated carbocycles. The average Bonchev–Trinajstić information content (AvgIpc) is 2.88. The smallest absolute Gasteiger partial charge is 0.329 e. The first kappa shape index (κ1) is 24.2. The number of carbonyl (C=O) groups is 2. The van der Waals surface area contributed by atoms with Crippen molar-refractivity contribution in [3.8, 4) is 0 Å². The maximum absolute atomic E-state index is 12.9. The van der Waals surface area contributed by atoms with Gasteiger partial charge in [0.15, 0.2) is 0 Å². The molecule has 2 aromatic carbocycles. The Morgan fingerprint density at radius 3 is 2.53 bits per heavy atom. The maximum atomic E-state index is 12.9. The number of nitrogens with one attached hydrogen (secondary N) is 2. The van der Waals surface area contributed by atoms with E-state index in [2.05, 4.69) is 66.8 Å². The van der Waals surface area contributed by atoms with E-state index in [-0.39, 0.29) is 11.8 Å². The molecule has 1 aromatic heterocycles. The molecule has 0 radical (unpaired) electrons. The molecule has 2 N–H and O–H groups in total. The summed E-state index contributed by atoms with van der Waals surface area (Å²) in [6.07, 6.45) is 5.03. The Balaban J connectivity index is 1.29. The Bertz CT molecular complexity index is 1130. The molecule has 4 rings (SSSR count). The highest BCUT2D eigenvalue weighted by atomic mass is 79.9. The van der Waals surface area contributed by atoms with E-state index in [0.29, 0.717) is 13.1 Å². The third kappa shape index (κ3) is 6.12. The van der Waals surface area contributed by atoms with Crippen molar-refractivity contribution in [2.45, 2.75) is 25.4 Å². The Morgan fingerprint density at radius 1 is 1.09 bits per heavy atom. The van der Waals surface area contributed by atoms with Crippen LogP contribution in [0.3, 0.4) is 0 Å². The number of aromatic nitrogens is 1. The van der Waals surface area contributed by atoms with Gasteiger partial charge in [-0.1, -0.05) is 34.1 Å². The zero-order valence-corrected chi connectivity index (χ0v) is 20.8. The number of halogens is 1. The van der Waals surface area contributed by atoms with Crippen molar-refractivity contribution in [2.75, 3.05) is 31.6 Å². The molecule has 1 atom stereocenters. The summed E-state index contributed by atoms with van der Waals surface area (Å²) in [5, 5.41) is 8.51. The number of rotatable bonds is 8. The van der Waals surface area contributed by atoms with E-state index in [1.165, 1.54) is 7.11 Å². The summed E-state index contributed by atoms with van der Waals surface area (Å²) in [6, 6.07) is 15.7. The Labute approximate surface area is 208 Å². The van der Waals surface area contributed by atoms with Gasteiger partial charge in [0.2, 0.25) is 5.91 Å². The minimum absolute atomic E-state index is 0.0946. The van der Waals surface area contributed by atoms with Gasteiger partial charge in [0.05, 0.1) is 7.11 Å². The van der Waals surface area contributed by atoms with Crippen LogP contribution in [-0.4, -0.2) is 49.6 Å². The van der Waals surface area contributed by atoms with Crippen molar-refractivity contribution in [2.24, 2.45) is 5.92 Å². The van der Waals surface area contributed by atoms with Gasteiger partial charge in [-0.25, -0.2) is 4.79 Å². The number of carbonyl (C=O) groups excluding carboxylic acids is 2. The van der Waals surface area contributed by atoms with Gasteiger partial charge in [-0.2, -0.15) is 0 Å². The number of esters is 1. The van der Waals surface area contributed by atoms with Crippen LogP contribution >= 0.6 is 15.9 Å². The molecular weight excluding hydrogens is 496 g/mol. The summed E-state index contributed by atoms with van der Waals surface area (Å²) in [5.41, 5.74) is 2.22. The lowest BCUT2D eigenvalue weighted by molar-refractivity contribution is -0.145. The molecule has 1 unspecified atom stereocenters. The molecular formula is C26H29BrN4O3. The third-order valence-electron chi connectivity index (χ3n) is 6.24. The van der Waals surface area contributed by atoms with Crippen LogP contribution in [-0.2, 0) is 20.9 Å². The maximum Gasteiger partial charge on any atom is 0.329 e. The number of nitrogens with zero attached hydrogens (tertiary/aromatic N) is 2. The van der Waals surface area contributed by atoms with E-state index >= 15 is 0 Å². The van der Waals surface area contributed by atoms with E-state index in [9.17, 15) is 9.59 Å². The highest BCUT2D eigenvalue weighted by Gasteiger charge is 2.29. The number of piperidine rings is 1. The van der Waals surface area contributed by atoms with E-state index < -0.39 is 12.0 Å². The van der Waals surface area contributed by atoms with Crippen LogP contribution in [0.2, 0.25) is 0 Å². The lowest BCUT2D eigenvalue weighted by atomic mass is 9.95. The Hall–Kier alpha value is -2.97. The second kappa shape index (κ2) is 11.4. The molecule has 34 heavy (non-hydrogen) atoms. The van der Waals surface area contributed by atoms with E-state index in [1.54, 1.807) is 12.4 Å². The van der Waals surface area contributed by atoms with Crippen LogP contribution in [0, 0.1) is 5.92 Å². The summed E-state index contributed by atoms with van der Waals surface area (Å²) in [4.78, 5) is 31.5. The van der Waals surface area contributed by atoms with Gasteiger partial charge < -0.3 is 20.3 Å². The number of hydrogen-bond donors (Lipinski definition) is 2. The summed E-state index contributed by atoms with van der Waals surface area (Å²) in [5.74, 6) is -0.661.